The van der Waals surface area contributed by atoms with E-state index in [1.807, 2.05) is 0 Å². The topological polar surface area (TPSA) is 52.3 Å². The molecule has 0 fully saturated rings. The molecule has 2 aromatic rings. The number of rotatable bonds is 2. The number of benzene rings is 1. The number of hydrogen-bond acceptors (Lipinski definition) is 4. The van der Waals surface area contributed by atoms with E-state index in [0.717, 1.165) is 0 Å². The van der Waals surface area contributed by atoms with Crippen molar-refractivity contribution in [1.29, 1.82) is 0 Å². The van der Waals surface area contributed by atoms with Crippen molar-refractivity contribution in [2.75, 3.05) is 7.11 Å². The zero-order valence-corrected chi connectivity index (χ0v) is 10.1. The van der Waals surface area contributed by atoms with Gasteiger partial charge in [0.05, 0.1) is 12.7 Å². The summed E-state index contributed by atoms with van der Waals surface area (Å²) in [5.74, 6) is 0.486. The molecule has 0 amide bonds. The zero-order chi connectivity index (χ0) is 12.4. The Hall–Kier alpha value is -1.81. The van der Waals surface area contributed by atoms with Crippen LogP contribution in [0.25, 0.3) is 11.5 Å². The molecule has 0 saturated carbocycles. The highest BCUT2D eigenvalue weighted by Gasteiger charge is 2.11. The van der Waals surface area contributed by atoms with Gasteiger partial charge in [0.1, 0.15) is 0 Å². The molecule has 0 aliphatic carbocycles. The van der Waals surface area contributed by atoms with Gasteiger partial charge in [-0.1, -0.05) is 11.6 Å². The third kappa shape index (κ3) is 2.31. The van der Waals surface area contributed by atoms with Crippen molar-refractivity contribution in [3.05, 3.63) is 45.3 Å². The molecule has 5 heteroatoms. The minimum atomic E-state index is -0.457. The smallest absolute Gasteiger partial charge is 0.345 e. The molecular formula is C12H10ClNO3. The first kappa shape index (κ1) is 11.7. The highest BCUT2D eigenvalue weighted by Crippen LogP contribution is 2.21. The largest absolute Gasteiger partial charge is 0.481 e. The first-order valence-corrected chi connectivity index (χ1v) is 5.31. The maximum absolute atomic E-state index is 11.5. The Morgan fingerprint density at radius 1 is 1.29 bits per heavy atom. The van der Waals surface area contributed by atoms with Crippen LogP contribution in [0.15, 0.2) is 33.5 Å². The van der Waals surface area contributed by atoms with Crippen LogP contribution >= 0.6 is 11.6 Å². The van der Waals surface area contributed by atoms with E-state index in [1.54, 1.807) is 31.2 Å². The molecule has 2 rings (SSSR count). The molecule has 0 saturated heterocycles. The summed E-state index contributed by atoms with van der Waals surface area (Å²) in [6.07, 6.45) is 0. The second-order valence-corrected chi connectivity index (χ2v) is 3.88. The van der Waals surface area contributed by atoms with Crippen molar-refractivity contribution in [3.8, 4) is 17.3 Å². The van der Waals surface area contributed by atoms with Gasteiger partial charge in [-0.05, 0) is 31.2 Å². The van der Waals surface area contributed by atoms with E-state index in [0.29, 0.717) is 16.1 Å². The summed E-state index contributed by atoms with van der Waals surface area (Å²) in [5.41, 5.74) is 0.566. The van der Waals surface area contributed by atoms with Crippen LogP contribution in [0.1, 0.15) is 5.56 Å². The van der Waals surface area contributed by atoms with Crippen LogP contribution in [0.4, 0.5) is 0 Å². The molecule has 0 aliphatic heterocycles. The van der Waals surface area contributed by atoms with Gasteiger partial charge in [0.2, 0.25) is 11.8 Å². The number of methoxy groups -OCH3 is 1. The SMILES string of the molecule is COc1nc(-c2ccc(Cl)cc2)oc(=O)c1C. The molecule has 0 spiro atoms. The monoisotopic (exact) mass is 251 g/mol. The second kappa shape index (κ2) is 4.59. The fourth-order valence-electron chi connectivity index (χ4n) is 1.37. The fourth-order valence-corrected chi connectivity index (χ4v) is 1.49. The van der Waals surface area contributed by atoms with Gasteiger partial charge in [0, 0.05) is 10.6 Å². The molecule has 1 heterocycles. The molecule has 0 aliphatic rings. The first-order valence-electron chi connectivity index (χ1n) is 4.93. The molecule has 0 atom stereocenters. The number of aromatic nitrogens is 1. The maximum atomic E-state index is 11.5. The van der Waals surface area contributed by atoms with Gasteiger partial charge in [-0.25, -0.2) is 4.79 Å². The van der Waals surface area contributed by atoms with E-state index < -0.39 is 5.63 Å². The predicted molar refractivity (Wildman–Crippen MR) is 64.5 cm³/mol. The Kier molecular flexibility index (Phi) is 3.15. The van der Waals surface area contributed by atoms with Gasteiger partial charge >= 0.3 is 5.63 Å². The van der Waals surface area contributed by atoms with E-state index in [-0.39, 0.29) is 11.8 Å². The van der Waals surface area contributed by atoms with E-state index in [4.69, 9.17) is 20.8 Å². The Bertz CT molecular complexity index is 590. The lowest BCUT2D eigenvalue weighted by molar-refractivity contribution is 0.375. The van der Waals surface area contributed by atoms with Crippen molar-refractivity contribution in [1.82, 2.24) is 4.98 Å². The Labute approximate surface area is 103 Å². The van der Waals surface area contributed by atoms with Crippen molar-refractivity contribution in [3.63, 3.8) is 0 Å². The van der Waals surface area contributed by atoms with Gasteiger partial charge < -0.3 is 9.15 Å². The highest BCUT2D eigenvalue weighted by molar-refractivity contribution is 6.30. The van der Waals surface area contributed by atoms with Crippen molar-refractivity contribution >= 4 is 11.6 Å². The molecular weight excluding hydrogens is 242 g/mol. The van der Waals surface area contributed by atoms with E-state index >= 15 is 0 Å². The third-order valence-corrected chi connectivity index (χ3v) is 2.56. The minimum absolute atomic E-state index is 0.217. The normalized spacial score (nSPS) is 10.3. The lowest BCUT2D eigenvalue weighted by Crippen LogP contribution is -2.08. The van der Waals surface area contributed by atoms with Crippen LogP contribution in [0.3, 0.4) is 0 Å². The number of halogens is 1. The maximum Gasteiger partial charge on any atom is 0.345 e. The standard InChI is InChI=1S/C12H10ClNO3/c1-7-10(16-2)14-11(17-12(7)15)8-3-5-9(13)6-4-8/h3-6H,1-2H3. The van der Waals surface area contributed by atoms with E-state index in [2.05, 4.69) is 4.98 Å². The molecule has 1 aromatic heterocycles. The van der Waals surface area contributed by atoms with Crippen LogP contribution in [0.2, 0.25) is 5.02 Å². The summed E-state index contributed by atoms with van der Waals surface area (Å²) in [6, 6.07) is 6.85. The predicted octanol–water partition coefficient (Wildman–Crippen LogP) is 2.67. The van der Waals surface area contributed by atoms with Crippen molar-refractivity contribution < 1.29 is 9.15 Å². The van der Waals surface area contributed by atoms with Gasteiger partial charge in [-0.3, -0.25) is 0 Å². The van der Waals surface area contributed by atoms with Crippen LogP contribution < -0.4 is 10.4 Å². The molecule has 1 aromatic carbocycles. The first-order chi connectivity index (χ1) is 8.11. The summed E-state index contributed by atoms with van der Waals surface area (Å²) in [5, 5.41) is 0.607. The van der Waals surface area contributed by atoms with Gasteiger partial charge in [0.25, 0.3) is 0 Å². The molecule has 88 valence electrons. The summed E-state index contributed by atoms with van der Waals surface area (Å²) >= 11 is 5.78. The van der Waals surface area contributed by atoms with Gasteiger partial charge in [-0.15, -0.1) is 0 Å². The van der Waals surface area contributed by atoms with Crippen LogP contribution in [-0.4, -0.2) is 12.1 Å². The minimum Gasteiger partial charge on any atom is -0.481 e. The molecule has 0 unspecified atom stereocenters. The quantitative estimate of drug-likeness (QED) is 0.823. The number of nitrogens with zero attached hydrogens (tertiary/aromatic N) is 1. The molecule has 0 radical (unpaired) electrons. The van der Waals surface area contributed by atoms with E-state index in [1.165, 1.54) is 7.11 Å². The van der Waals surface area contributed by atoms with Crippen molar-refractivity contribution in [2.24, 2.45) is 0 Å². The fraction of sp³-hybridized carbons (Fsp3) is 0.167. The second-order valence-electron chi connectivity index (χ2n) is 3.45. The van der Waals surface area contributed by atoms with Crippen LogP contribution in [-0.2, 0) is 0 Å². The summed E-state index contributed by atoms with van der Waals surface area (Å²) in [7, 11) is 1.46. The summed E-state index contributed by atoms with van der Waals surface area (Å²) in [4.78, 5) is 15.7. The molecule has 0 N–H and O–H groups in total. The van der Waals surface area contributed by atoms with E-state index in [9.17, 15) is 4.79 Å². The Morgan fingerprint density at radius 3 is 2.53 bits per heavy atom. The van der Waals surface area contributed by atoms with Crippen LogP contribution in [0, 0.1) is 6.92 Å². The third-order valence-electron chi connectivity index (χ3n) is 2.30. The Balaban J connectivity index is 2.56. The average Bonchev–Trinajstić information content (AvgIpc) is 2.33. The summed E-state index contributed by atoms with van der Waals surface area (Å²) < 4.78 is 10.1. The summed E-state index contributed by atoms with van der Waals surface area (Å²) in [6.45, 7) is 1.60. The molecule has 0 bridgehead atoms. The lowest BCUT2D eigenvalue weighted by Gasteiger charge is -2.04. The van der Waals surface area contributed by atoms with Crippen LogP contribution in [0.5, 0.6) is 5.88 Å². The highest BCUT2D eigenvalue weighted by atomic mass is 35.5. The number of ether oxygens (including phenoxy) is 1. The molecule has 17 heavy (non-hydrogen) atoms. The lowest BCUT2D eigenvalue weighted by atomic mass is 10.2. The van der Waals surface area contributed by atoms with Gasteiger partial charge in [0.15, 0.2) is 0 Å². The molecule has 4 nitrogen and oxygen atoms in total. The Morgan fingerprint density at radius 2 is 1.94 bits per heavy atom. The van der Waals surface area contributed by atoms with Crippen molar-refractivity contribution in [2.45, 2.75) is 6.92 Å². The zero-order valence-electron chi connectivity index (χ0n) is 9.36. The number of hydrogen-bond donors (Lipinski definition) is 0. The average molecular weight is 252 g/mol. The van der Waals surface area contributed by atoms with Gasteiger partial charge in [-0.2, -0.15) is 4.98 Å².